The van der Waals surface area contributed by atoms with Crippen molar-refractivity contribution in [1.82, 2.24) is 20.9 Å². The zero-order valence-electron chi connectivity index (χ0n) is 19.5. The highest BCUT2D eigenvalue weighted by atomic mass is 16.5. The summed E-state index contributed by atoms with van der Waals surface area (Å²) >= 11 is 0. The van der Waals surface area contributed by atoms with Crippen molar-refractivity contribution < 1.29 is 9.53 Å². The lowest BCUT2D eigenvalue weighted by molar-refractivity contribution is -0.123. The Labute approximate surface area is 196 Å². The summed E-state index contributed by atoms with van der Waals surface area (Å²) in [7, 11) is 1.77. The Kier molecular flexibility index (Phi) is 8.19. The molecule has 0 spiro atoms. The first-order valence-electron chi connectivity index (χ1n) is 11.9. The zero-order chi connectivity index (χ0) is 22.9. The van der Waals surface area contributed by atoms with Gasteiger partial charge in [0.2, 0.25) is 0 Å². The number of carbonyl (C=O) groups excluding carboxylic acids is 1. The van der Waals surface area contributed by atoms with Crippen molar-refractivity contribution in [3.05, 3.63) is 65.2 Å². The Hall–Kier alpha value is -3.06. The number of likely N-dealkylation sites (tertiary alicyclic amines) is 1. The van der Waals surface area contributed by atoms with Gasteiger partial charge in [0.05, 0.1) is 0 Å². The van der Waals surface area contributed by atoms with Gasteiger partial charge in [-0.1, -0.05) is 36.4 Å². The van der Waals surface area contributed by atoms with Crippen molar-refractivity contribution in [1.29, 1.82) is 0 Å². The van der Waals surface area contributed by atoms with Gasteiger partial charge in [0.1, 0.15) is 5.75 Å². The average Bonchev–Trinajstić information content (AvgIpc) is 3.50. The van der Waals surface area contributed by atoms with Crippen molar-refractivity contribution in [2.24, 2.45) is 4.99 Å². The van der Waals surface area contributed by atoms with Gasteiger partial charge < -0.3 is 20.7 Å². The number of hydrogen-bond donors (Lipinski definition) is 3. The molecule has 7 heteroatoms. The van der Waals surface area contributed by atoms with Crippen LogP contribution in [-0.4, -0.2) is 49.6 Å². The zero-order valence-corrected chi connectivity index (χ0v) is 19.5. The molecule has 33 heavy (non-hydrogen) atoms. The topological polar surface area (TPSA) is 78.0 Å². The number of carbonyl (C=O) groups is 1. The lowest BCUT2D eigenvalue weighted by Gasteiger charge is -2.15. The first-order chi connectivity index (χ1) is 16.2. The van der Waals surface area contributed by atoms with Crippen LogP contribution in [0.4, 0.5) is 0 Å². The van der Waals surface area contributed by atoms with E-state index in [9.17, 15) is 4.79 Å². The van der Waals surface area contributed by atoms with Crippen LogP contribution in [0.5, 0.6) is 5.75 Å². The number of guanidine groups is 1. The molecule has 1 saturated heterocycles. The smallest absolute Gasteiger partial charge is 0.258 e. The minimum atomic E-state index is -0.0605. The molecule has 2 aromatic rings. The molecule has 0 atom stereocenters. The van der Waals surface area contributed by atoms with Gasteiger partial charge in [-0.3, -0.25) is 14.7 Å². The Morgan fingerprint density at radius 2 is 1.70 bits per heavy atom. The fourth-order valence-electron chi connectivity index (χ4n) is 3.94. The van der Waals surface area contributed by atoms with E-state index in [2.05, 4.69) is 50.1 Å². The third-order valence-corrected chi connectivity index (χ3v) is 5.98. The summed E-state index contributed by atoms with van der Waals surface area (Å²) in [5.41, 5.74) is 3.66. The highest BCUT2D eigenvalue weighted by molar-refractivity contribution is 5.79. The van der Waals surface area contributed by atoms with Crippen molar-refractivity contribution in [2.75, 3.05) is 26.7 Å². The first-order valence-corrected chi connectivity index (χ1v) is 11.9. The van der Waals surface area contributed by atoms with E-state index >= 15 is 0 Å². The normalized spacial score (nSPS) is 16.5. The van der Waals surface area contributed by atoms with E-state index in [4.69, 9.17) is 4.74 Å². The molecule has 0 bridgehead atoms. The molecule has 0 aromatic heterocycles. The van der Waals surface area contributed by atoms with Crippen LogP contribution in [0.2, 0.25) is 0 Å². The van der Waals surface area contributed by atoms with Crippen molar-refractivity contribution in [2.45, 2.75) is 51.4 Å². The molecule has 1 aliphatic heterocycles. The van der Waals surface area contributed by atoms with Crippen LogP contribution in [0.15, 0.2) is 53.5 Å². The van der Waals surface area contributed by atoms with Gasteiger partial charge >= 0.3 is 0 Å². The number of nitrogens with one attached hydrogen (secondary N) is 3. The van der Waals surface area contributed by atoms with Crippen molar-refractivity contribution in [3.8, 4) is 5.75 Å². The third-order valence-electron chi connectivity index (χ3n) is 5.98. The number of hydrogen-bond acceptors (Lipinski definition) is 4. The van der Waals surface area contributed by atoms with E-state index < -0.39 is 0 Å². The van der Waals surface area contributed by atoms with Crippen LogP contribution in [0, 0.1) is 0 Å². The molecule has 2 aromatic carbocycles. The highest BCUT2D eigenvalue weighted by Gasteiger charge is 2.23. The van der Waals surface area contributed by atoms with Gasteiger partial charge in [-0.25, -0.2) is 0 Å². The molecule has 1 saturated carbocycles. The summed E-state index contributed by atoms with van der Waals surface area (Å²) in [6.45, 7) is 4.85. The molecule has 0 unspecified atom stereocenters. The maximum Gasteiger partial charge on any atom is 0.258 e. The summed E-state index contributed by atoms with van der Waals surface area (Å²) in [5.74, 6) is 1.37. The SMILES string of the molecule is CN=C(NCc1ccc(CN2CCCC2)cc1)NCc1cccc(OCC(=O)NC2CC2)c1. The molecule has 0 radical (unpaired) electrons. The Bertz CT molecular complexity index is 934. The molecule has 2 fully saturated rings. The largest absolute Gasteiger partial charge is 0.484 e. The molecule has 2 aliphatic rings. The predicted octanol–water partition coefficient (Wildman–Crippen LogP) is 2.81. The summed E-state index contributed by atoms with van der Waals surface area (Å²) < 4.78 is 5.64. The van der Waals surface area contributed by atoms with E-state index in [1.54, 1.807) is 7.05 Å². The number of rotatable bonds is 10. The van der Waals surface area contributed by atoms with Gasteiger partial charge in [0, 0.05) is 32.7 Å². The fourth-order valence-corrected chi connectivity index (χ4v) is 3.94. The van der Waals surface area contributed by atoms with Crippen LogP contribution < -0.4 is 20.7 Å². The lowest BCUT2D eigenvalue weighted by atomic mass is 10.1. The van der Waals surface area contributed by atoms with Gasteiger partial charge in [0.25, 0.3) is 5.91 Å². The quantitative estimate of drug-likeness (QED) is 0.384. The minimum absolute atomic E-state index is 0.0490. The van der Waals surface area contributed by atoms with Gasteiger partial charge in [-0.15, -0.1) is 0 Å². The molecule has 1 aliphatic carbocycles. The van der Waals surface area contributed by atoms with E-state index in [1.165, 1.54) is 37.1 Å². The summed E-state index contributed by atoms with van der Waals surface area (Å²) in [4.78, 5) is 18.7. The van der Waals surface area contributed by atoms with Crippen LogP contribution in [0.1, 0.15) is 42.4 Å². The molecule has 1 heterocycles. The van der Waals surface area contributed by atoms with Crippen LogP contribution in [0.3, 0.4) is 0 Å². The fraction of sp³-hybridized carbons (Fsp3) is 0.462. The molecule has 7 nitrogen and oxygen atoms in total. The maximum atomic E-state index is 11.8. The van der Waals surface area contributed by atoms with Crippen molar-refractivity contribution >= 4 is 11.9 Å². The lowest BCUT2D eigenvalue weighted by Crippen LogP contribution is -2.36. The van der Waals surface area contributed by atoms with Gasteiger partial charge in [-0.2, -0.15) is 0 Å². The first kappa shape index (κ1) is 23.1. The van der Waals surface area contributed by atoms with Crippen LogP contribution in [0.25, 0.3) is 0 Å². The van der Waals surface area contributed by atoms with Gasteiger partial charge in [0.15, 0.2) is 12.6 Å². The van der Waals surface area contributed by atoms with Gasteiger partial charge in [-0.05, 0) is 67.6 Å². The molecule has 4 rings (SSSR count). The number of amides is 1. The summed E-state index contributed by atoms with van der Waals surface area (Å²) in [5, 5.41) is 9.64. The standard InChI is InChI=1S/C26H35N5O2/c1-27-26(28-16-20-7-9-21(10-8-20)18-31-13-2-3-14-31)29-17-22-5-4-6-24(15-22)33-19-25(32)30-23-11-12-23/h4-10,15,23H,2-3,11-14,16-19H2,1H3,(H,30,32)(H2,27,28,29). The molecule has 3 N–H and O–H groups in total. The van der Waals surface area contributed by atoms with Crippen LogP contribution in [-0.2, 0) is 24.4 Å². The maximum absolute atomic E-state index is 11.8. The van der Waals surface area contributed by atoms with Crippen LogP contribution >= 0.6 is 0 Å². The second-order valence-electron chi connectivity index (χ2n) is 8.86. The minimum Gasteiger partial charge on any atom is -0.484 e. The molecule has 1 amide bonds. The molecular weight excluding hydrogens is 414 g/mol. The third kappa shape index (κ3) is 7.79. The second-order valence-corrected chi connectivity index (χ2v) is 8.86. The summed E-state index contributed by atoms with van der Waals surface area (Å²) in [6.07, 6.45) is 4.80. The number of benzene rings is 2. The van der Waals surface area contributed by atoms with E-state index in [0.29, 0.717) is 24.9 Å². The number of aliphatic imine (C=N–C) groups is 1. The Balaban J connectivity index is 1.19. The monoisotopic (exact) mass is 449 g/mol. The Morgan fingerprint density at radius 3 is 2.39 bits per heavy atom. The summed E-state index contributed by atoms with van der Waals surface area (Å²) in [6, 6.07) is 16.9. The number of nitrogens with zero attached hydrogens (tertiary/aromatic N) is 2. The molecular formula is C26H35N5O2. The average molecular weight is 450 g/mol. The second kappa shape index (κ2) is 11.7. The molecule has 176 valence electrons. The Morgan fingerprint density at radius 1 is 1.00 bits per heavy atom. The number of ether oxygens (including phenoxy) is 1. The predicted molar refractivity (Wildman–Crippen MR) is 131 cm³/mol. The highest BCUT2D eigenvalue weighted by Crippen LogP contribution is 2.19. The van der Waals surface area contributed by atoms with E-state index in [-0.39, 0.29) is 12.5 Å². The van der Waals surface area contributed by atoms with E-state index in [0.717, 1.165) is 30.9 Å². The van der Waals surface area contributed by atoms with E-state index in [1.807, 2.05) is 24.3 Å². The van der Waals surface area contributed by atoms with Crippen molar-refractivity contribution in [3.63, 3.8) is 0 Å².